The molecule has 0 unspecified atom stereocenters. The number of anilines is 2. The number of amides is 1. The van der Waals surface area contributed by atoms with Crippen LogP contribution in [0.3, 0.4) is 0 Å². The summed E-state index contributed by atoms with van der Waals surface area (Å²) in [4.78, 5) is 15.4. The monoisotopic (exact) mass is 274 g/mol. The largest absolute Gasteiger partial charge is 0.397 e. The summed E-state index contributed by atoms with van der Waals surface area (Å²) < 4.78 is 1.83. The summed E-state index contributed by atoms with van der Waals surface area (Å²) >= 11 is 0. The number of carbonyl (C=O) groups excluding carboxylic acids is 1. The molecule has 5 N–H and O–H groups in total. The van der Waals surface area contributed by atoms with E-state index in [4.69, 9.17) is 11.5 Å². The van der Waals surface area contributed by atoms with Crippen LogP contribution in [0.4, 0.5) is 11.5 Å². The number of nitrogens with zero attached hydrogens (tertiary/aromatic N) is 3. The summed E-state index contributed by atoms with van der Waals surface area (Å²) in [5, 5.41) is 7.50. The fourth-order valence-electron chi connectivity index (χ4n) is 2.03. The Bertz CT molecular complexity index is 661. The molecule has 2 aromatic rings. The van der Waals surface area contributed by atoms with Crippen LogP contribution in [0.2, 0.25) is 0 Å². The van der Waals surface area contributed by atoms with Gasteiger partial charge in [0.05, 0.1) is 23.1 Å². The summed E-state index contributed by atoms with van der Waals surface area (Å²) in [6.07, 6.45) is 1.42. The molecule has 106 valence electrons. The molecule has 0 atom stereocenters. The van der Waals surface area contributed by atoms with E-state index in [-0.39, 0.29) is 11.3 Å². The summed E-state index contributed by atoms with van der Waals surface area (Å²) in [6.45, 7) is 4.53. The van der Waals surface area contributed by atoms with E-state index in [2.05, 4.69) is 15.4 Å². The summed E-state index contributed by atoms with van der Waals surface area (Å²) in [7, 11) is 1.90. The molecule has 0 aliphatic carbocycles. The highest BCUT2D eigenvalue weighted by atomic mass is 16.1. The predicted octanol–water partition coefficient (Wildman–Crippen LogP) is 0.725. The first-order valence-electron chi connectivity index (χ1n) is 6.18. The highest BCUT2D eigenvalue weighted by Gasteiger charge is 2.11. The van der Waals surface area contributed by atoms with Crippen LogP contribution in [0.25, 0.3) is 0 Å². The van der Waals surface area contributed by atoms with Crippen molar-refractivity contribution in [3.8, 4) is 0 Å². The number of primary amides is 1. The van der Waals surface area contributed by atoms with Crippen molar-refractivity contribution < 1.29 is 4.79 Å². The molecule has 2 heterocycles. The van der Waals surface area contributed by atoms with E-state index >= 15 is 0 Å². The maximum atomic E-state index is 11.2. The predicted molar refractivity (Wildman–Crippen MR) is 77.2 cm³/mol. The van der Waals surface area contributed by atoms with Gasteiger partial charge in [-0.05, 0) is 19.9 Å². The molecular weight excluding hydrogens is 256 g/mol. The Hall–Kier alpha value is -2.57. The first-order chi connectivity index (χ1) is 9.40. The van der Waals surface area contributed by atoms with E-state index in [9.17, 15) is 4.79 Å². The molecule has 0 radical (unpaired) electrons. The fraction of sp³-hybridized carbons (Fsp3) is 0.308. The topological polar surface area (TPSA) is 112 Å². The van der Waals surface area contributed by atoms with E-state index in [1.54, 1.807) is 6.07 Å². The van der Waals surface area contributed by atoms with Crippen molar-refractivity contribution >= 4 is 17.4 Å². The van der Waals surface area contributed by atoms with Gasteiger partial charge in [0.2, 0.25) is 0 Å². The van der Waals surface area contributed by atoms with E-state index < -0.39 is 5.91 Å². The summed E-state index contributed by atoms with van der Waals surface area (Å²) in [5.74, 6) is -0.0164. The standard InChI is InChI=1S/C13H18N6O/c1-7-10(8(2)19(3)18-7)5-16-12-4-9(13(15)20)11(14)6-17-12/h4,6H,5,14H2,1-3H3,(H2,15,20)(H,16,17). The molecule has 20 heavy (non-hydrogen) atoms. The van der Waals surface area contributed by atoms with Gasteiger partial charge in [-0.15, -0.1) is 0 Å². The third-order valence-electron chi connectivity index (χ3n) is 3.31. The van der Waals surface area contributed by atoms with Crippen LogP contribution < -0.4 is 16.8 Å². The SMILES string of the molecule is Cc1nn(C)c(C)c1CNc1cc(C(N)=O)c(N)cn1. The lowest BCUT2D eigenvalue weighted by atomic mass is 10.2. The number of pyridine rings is 1. The maximum Gasteiger partial charge on any atom is 0.250 e. The zero-order valence-corrected chi connectivity index (χ0v) is 11.8. The van der Waals surface area contributed by atoms with E-state index in [0.717, 1.165) is 17.0 Å². The molecule has 0 bridgehead atoms. The third-order valence-corrected chi connectivity index (χ3v) is 3.31. The van der Waals surface area contributed by atoms with Gasteiger partial charge in [-0.1, -0.05) is 0 Å². The van der Waals surface area contributed by atoms with Gasteiger partial charge in [-0.2, -0.15) is 5.10 Å². The molecule has 1 amide bonds. The van der Waals surface area contributed by atoms with Crippen LogP contribution in [0.1, 0.15) is 27.3 Å². The molecule has 0 saturated carbocycles. The molecular formula is C13H18N6O. The second-order valence-electron chi connectivity index (χ2n) is 4.65. The molecule has 0 aliphatic heterocycles. The van der Waals surface area contributed by atoms with Crippen molar-refractivity contribution in [2.45, 2.75) is 20.4 Å². The minimum absolute atomic E-state index is 0.266. The smallest absolute Gasteiger partial charge is 0.250 e. The lowest BCUT2D eigenvalue weighted by molar-refractivity contribution is 0.100. The molecule has 2 aromatic heterocycles. The minimum Gasteiger partial charge on any atom is -0.397 e. The molecule has 0 aliphatic rings. The Labute approximate surface area is 117 Å². The van der Waals surface area contributed by atoms with Gasteiger partial charge in [0, 0.05) is 24.8 Å². The van der Waals surface area contributed by atoms with Crippen molar-refractivity contribution in [1.82, 2.24) is 14.8 Å². The highest BCUT2D eigenvalue weighted by Crippen LogP contribution is 2.17. The normalized spacial score (nSPS) is 10.6. The lowest BCUT2D eigenvalue weighted by Gasteiger charge is -2.08. The maximum absolute atomic E-state index is 11.2. The Kier molecular flexibility index (Phi) is 3.60. The van der Waals surface area contributed by atoms with Gasteiger partial charge >= 0.3 is 0 Å². The van der Waals surface area contributed by atoms with Gasteiger partial charge in [-0.3, -0.25) is 9.48 Å². The zero-order valence-electron chi connectivity index (χ0n) is 11.8. The number of nitrogens with two attached hydrogens (primary N) is 2. The lowest BCUT2D eigenvalue weighted by Crippen LogP contribution is -2.15. The van der Waals surface area contributed by atoms with Gasteiger partial charge in [0.15, 0.2) is 0 Å². The number of rotatable bonds is 4. The Morgan fingerprint density at radius 2 is 2.15 bits per heavy atom. The first-order valence-corrected chi connectivity index (χ1v) is 6.18. The zero-order chi connectivity index (χ0) is 14.9. The summed E-state index contributed by atoms with van der Waals surface area (Å²) in [5.41, 5.74) is 14.6. The van der Waals surface area contributed by atoms with Crippen LogP contribution in [0.5, 0.6) is 0 Å². The van der Waals surface area contributed by atoms with Crippen LogP contribution in [0.15, 0.2) is 12.3 Å². The van der Waals surface area contributed by atoms with Crippen molar-refractivity contribution in [3.63, 3.8) is 0 Å². The van der Waals surface area contributed by atoms with Crippen LogP contribution in [-0.4, -0.2) is 20.7 Å². The molecule has 0 spiro atoms. The molecule has 0 saturated heterocycles. The summed E-state index contributed by atoms with van der Waals surface area (Å²) in [6, 6.07) is 1.55. The average Bonchev–Trinajstić information content (AvgIpc) is 2.62. The quantitative estimate of drug-likeness (QED) is 0.760. The van der Waals surface area contributed by atoms with Gasteiger partial charge in [-0.25, -0.2) is 4.98 Å². The van der Waals surface area contributed by atoms with E-state index in [0.29, 0.717) is 12.4 Å². The van der Waals surface area contributed by atoms with Crippen LogP contribution in [0, 0.1) is 13.8 Å². The van der Waals surface area contributed by atoms with Crippen molar-refractivity contribution in [3.05, 3.63) is 34.8 Å². The number of carbonyl (C=O) groups is 1. The molecule has 7 nitrogen and oxygen atoms in total. The number of nitrogens with one attached hydrogen (secondary N) is 1. The van der Waals surface area contributed by atoms with Gasteiger partial charge in [0.1, 0.15) is 5.82 Å². The second kappa shape index (κ2) is 5.20. The number of hydrogen-bond acceptors (Lipinski definition) is 5. The van der Waals surface area contributed by atoms with Crippen LogP contribution >= 0.6 is 0 Å². The first kappa shape index (κ1) is 13.9. The van der Waals surface area contributed by atoms with Crippen LogP contribution in [-0.2, 0) is 13.6 Å². The number of aryl methyl sites for hydroxylation is 2. The third kappa shape index (κ3) is 2.56. The van der Waals surface area contributed by atoms with E-state index in [1.807, 2.05) is 25.6 Å². The molecule has 7 heteroatoms. The fourth-order valence-corrected chi connectivity index (χ4v) is 2.03. The molecule has 0 aromatic carbocycles. The van der Waals surface area contributed by atoms with Crippen molar-refractivity contribution in [1.29, 1.82) is 0 Å². The average molecular weight is 274 g/mol. The number of aromatic nitrogens is 3. The second-order valence-corrected chi connectivity index (χ2v) is 4.65. The number of nitrogen functional groups attached to an aromatic ring is 1. The van der Waals surface area contributed by atoms with Gasteiger partial charge in [0.25, 0.3) is 5.91 Å². The Morgan fingerprint density at radius 3 is 2.70 bits per heavy atom. The molecule has 2 rings (SSSR count). The molecule has 0 fully saturated rings. The van der Waals surface area contributed by atoms with Gasteiger partial charge < -0.3 is 16.8 Å². The van der Waals surface area contributed by atoms with Crippen molar-refractivity contribution in [2.75, 3.05) is 11.1 Å². The van der Waals surface area contributed by atoms with Crippen molar-refractivity contribution in [2.24, 2.45) is 12.8 Å². The number of hydrogen-bond donors (Lipinski definition) is 3. The Morgan fingerprint density at radius 1 is 1.45 bits per heavy atom. The minimum atomic E-state index is -0.568. The Balaban J connectivity index is 2.19. The highest BCUT2D eigenvalue weighted by molar-refractivity contribution is 5.98. The van der Waals surface area contributed by atoms with E-state index in [1.165, 1.54) is 6.20 Å².